The van der Waals surface area contributed by atoms with Crippen LogP contribution in [0.1, 0.15) is 118 Å². The van der Waals surface area contributed by atoms with Crippen molar-refractivity contribution in [1.82, 2.24) is 0 Å². The first-order valence-electron chi connectivity index (χ1n) is 16.3. The van der Waals surface area contributed by atoms with Crippen LogP contribution in [0.4, 0.5) is 0 Å². The number of hydrogen-bond acceptors (Lipinski definition) is 0. The van der Waals surface area contributed by atoms with Crippen molar-refractivity contribution >= 4 is 20.4 Å². The molecule has 1 saturated carbocycles. The van der Waals surface area contributed by atoms with Gasteiger partial charge >= 0.3 is 270 Å². The van der Waals surface area contributed by atoms with Gasteiger partial charge in [-0.15, -0.1) is 0 Å². The van der Waals surface area contributed by atoms with Crippen molar-refractivity contribution in [1.29, 1.82) is 0 Å². The van der Waals surface area contributed by atoms with Crippen LogP contribution in [0.2, 0.25) is 3.67 Å². The Morgan fingerprint density at radius 3 is 1.60 bits per heavy atom. The van der Waals surface area contributed by atoms with Gasteiger partial charge in [0.1, 0.15) is 0 Å². The number of allylic oxidation sites excluding steroid dienone is 4. The molecule has 226 valence electrons. The molecule has 0 unspecified atom stereocenters. The van der Waals surface area contributed by atoms with Crippen molar-refractivity contribution in [3.8, 4) is 11.1 Å². The van der Waals surface area contributed by atoms with E-state index in [2.05, 4.69) is 140 Å². The van der Waals surface area contributed by atoms with Gasteiger partial charge in [0, 0.05) is 0 Å². The molecule has 0 aliphatic heterocycles. The second kappa shape index (κ2) is 10.8. The molecule has 3 aliphatic carbocycles. The summed E-state index contributed by atoms with van der Waals surface area (Å²) in [5, 5.41) is 0. The Bertz CT molecular complexity index is 1620. The molecular weight excluding hydrogens is 730 g/mol. The van der Waals surface area contributed by atoms with E-state index in [1.165, 1.54) is 67.0 Å². The minimum absolute atomic E-state index is 0.0206. The van der Waals surface area contributed by atoms with Crippen LogP contribution in [0.3, 0.4) is 0 Å². The van der Waals surface area contributed by atoms with Gasteiger partial charge in [-0.3, -0.25) is 0 Å². The van der Waals surface area contributed by atoms with Gasteiger partial charge < -0.3 is 0 Å². The van der Waals surface area contributed by atoms with Crippen LogP contribution in [0, 0.1) is 5.92 Å². The zero-order valence-electron chi connectivity index (χ0n) is 27.3. The molecule has 0 bridgehead atoms. The molecule has 1 fully saturated rings. The van der Waals surface area contributed by atoms with Crippen LogP contribution in [0.5, 0.6) is 0 Å². The van der Waals surface area contributed by atoms with Gasteiger partial charge in [0.05, 0.1) is 0 Å². The van der Waals surface area contributed by atoms with Crippen molar-refractivity contribution in [2.24, 2.45) is 5.92 Å². The second-order valence-electron chi connectivity index (χ2n) is 15.8. The third kappa shape index (κ3) is 5.18. The number of hydrogen-bond donors (Lipinski definition) is 0. The van der Waals surface area contributed by atoms with Crippen molar-refractivity contribution in [2.75, 3.05) is 0 Å². The fraction of sp³-hybridized carbons (Fsp3) is 0.425. The fourth-order valence-electron chi connectivity index (χ4n) is 7.72. The third-order valence-electron chi connectivity index (χ3n) is 10.6. The summed E-state index contributed by atoms with van der Waals surface area (Å²) in [6.07, 6.45) is 12.6. The van der Waals surface area contributed by atoms with E-state index in [-0.39, 0.29) is 18.2 Å². The Morgan fingerprint density at radius 2 is 1.21 bits per heavy atom. The van der Waals surface area contributed by atoms with Crippen LogP contribution in [-0.4, -0.2) is 3.26 Å². The monoisotopic (exact) mass is 778 g/mol. The molecule has 0 radical (unpaired) electrons. The van der Waals surface area contributed by atoms with E-state index in [1.54, 1.807) is 0 Å². The molecule has 43 heavy (non-hydrogen) atoms. The Labute approximate surface area is 268 Å². The van der Waals surface area contributed by atoms with Gasteiger partial charge in [-0.25, -0.2) is 0 Å². The molecule has 0 N–H and O–H groups in total. The van der Waals surface area contributed by atoms with Gasteiger partial charge in [0.25, 0.3) is 0 Å². The molecule has 3 aromatic rings. The average Bonchev–Trinajstić information content (AvgIpc) is 3.57. The molecule has 0 aromatic heterocycles. The van der Waals surface area contributed by atoms with Gasteiger partial charge in [0.2, 0.25) is 0 Å². The minimum atomic E-state index is -5.31. The topological polar surface area (TPSA) is 0 Å². The summed E-state index contributed by atoms with van der Waals surface area (Å²) in [6.45, 7) is 18.4. The number of fused-ring (bicyclic) bond motifs is 3. The molecule has 0 spiro atoms. The molecule has 0 amide bonds. The SMILES string of the molecule is CC(C)c1ccc([C](C2CCC2)=[Hf]([Cl])([Cl])([CH]2C=CC=C2)[CH]2c3cc(C(C)(C)C)ccc3-c3ccc(C(C)(C)C)cc32)cc1. The first-order valence-corrected chi connectivity index (χ1v) is 31.1. The number of rotatable bonds is 5. The summed E-state index contributed by atoms with van der Waals surface area (Å²) in [6, 6.07) is 23.6. The van der Waals surface area contributed by atoms with Gasteiger partial charge in [-0.2, -0.15) is 0 Å². The summed E-state index contributed by atoms with van der Waals surface area (Å²) in [5.74, 6) is 0.916. The molecule has 0 nitrogen and oxygen atoms in total. The van der Waals surface area contributed by atoms with Crippen LogP contribution in [0.15, 0.2) is 85.0 Å². The summed E-state index contributed by atoms with van der Waals surface area (Å²) >= 11 is -5.31. The maximum absolute atomic E-state index is 8.75. The van der Waals surface area contributed by atoms with E-state index in [0.717, 1.165) is 0 Å². The average molecular weight is 778 g/mol. The summed E-state index contributed by atoms with van der Waals surface area (Å²) in [7, 11) is 17.5. The predicted octanol–water partition coefficient (Wildman–Crippen LogP) is 12.4. The third-order valence-corrected chi connectivity index (χ3v) is 39.6. The summed E-state index contributed by atoms with van der Waals surface area (Å²) in [4.78, 5) is 0. The molecule has 0 atom stereocenters. The van der Waals surface area contributed by atoms with Gasteiger partial charge in [-0.05, 0) is 0 Å². The van der Waals surface area contributed by atoms with E-state index in [9.17, 15) is 0 Å². The molecule has 0 heterocycles. The van der Waals surface area contributed by atoms with Crippen LogP contribution in [0.25, 0.3) is 11.1 Å². The molecular formula is C40H48Cl2Hf. The Kier molecular flexibility index (Phi) is 7.88. The fourth-order valence-corrected chi connectivity index (χ4v) is 37.6. The van der Waals surface area contributed by atoms with Crippen molar-refractivity contribution in [3.05, 3.63) is 118 Å². The van der Waals surface area contributed by atoms with Gasteiger partial charge in [-0.1, -0.05) is 0 Å². The van der Waals surface area contributed by atoms with E-state index in [1.807, 2.05) is 0 Å². The van der Waals surface area contributed by atoms with Gasteiger partial charge in [0.15, 0.2) is 0 Å². The summed E-state index contributed by atoms with van der Waals surface area (Å²) < 4.78 is 1.43. The van der Waals surface area contributed by atoms with E-state index >= 15 is 0 Å². The zero-order chi connectivity index (χ0) is 31.0. The van der Waals surface area contributed by atoms with Crippen LogP contribution >= 0.6 is 17.2 Å². The Hall–Kier alpha value is -1.54. The quantitative estimate of drug-likeness (QED) is 0.226. The second-order valence-corrected chi connectivity index (χ2v) is 45.4. The predicted molar refractivity (Wildman–Crippen MR) is 187 cm³/mol. The normalized spacial score (nSPS) is 17.9. The number of benzene rings is 3. The van der Waals surface area contributed by atoms with Crippen molar-refractivity contribution in [2.45, 2.75) is 98.7 Å². The van der Waals surface area contributed by atoms with E-state index in [4.69, 9.17) is 17.2 Å². The molecule has 6 rings (SSSR count). The standard InChI is InChI=1S/C21H25.C14H18.C5H5.2ClH.Hf/c1-20(2,3)16-7-9-18-14(12-16)11-15-13-17(21(4,5)6)8-10-19(15)18;1-11(2)14-8-6-13(7-9-14)10-12-4-3-5-12;1-2-4-5-3-1;;;/h7-13H,1-6H3;6-9,11-12H,3-5H2,1-2H3;1-5H;2*1H;/q;;;;;+2/p-2. The first kappa shape index (κ1) is 31.4. The maximum atomic E-state index is 8.75. The molecule has 0 saturated heterocycles. The van der Waals surface area contributed by atoms with Crippen LogP contribution in [-0.2, 0) is 26.5 Å². The van der Waals surface area contributed by atoms with Crippen molar-refractivity contribution < 1.29 is 15.7 Å². The molecule has 3 heteroatoms. The van der Waals surface area contributed by atoms with E-state index < -0.39 is 15.7 Å². The Morgan fingerprint density at radius 1 is 0.721 bits per heavy atom. The molecule has 3 aliphatic rings. The number of halogens is 2. The van der Waals surface area contributed by atoms with E-state index in [0.29, 0.717) is 11.8 Å². The van der Waals surface area contributed by atoms with Crippen LogP contribution < -0.4 is 0 Å². The van der Waals surface area contributed by atoms with Crippen molar-refractivity contribution in [3.63, 3.8) is 0 Å². The first-order chi connectivity index (χ1) is 20.1. The summed E-state index contributed by atoms with van der Waals surface area (Å²) in [5.41, 5.74) is 10.7. The zero-order valence-corrected chi connectivity index (χ0v) is 32.4. The molecule has 3 aromatic carbocycles. The Balaban J connectivity index is 1.76.